The van der Waals surface area contributed by atoms with E-state index in [1.165, 1.54) is 0 Å². The SMILES string of the molecule is COC(CCSSSSCCC(OC)(OC)OC)(OC)OC.[SiH4]. The third kappa shape index (κ3) is 10.2. The van der Waals surface area contributed by atoms with Gasteiger partial charge >= 0.3 is 0 Å². The Balaban J connectivity index is 0. The fourth-order valence-corrected chi connectivity index (χ4v) is 7.63. The number of methoxy groups -OCH3 is 6. The Morgan fingerprint density at radius 1 is 0.565 bits per heavy atom. The second-order valence-corrected chi connectivity index (χ2v) is 10.1. The first-order chi connectivity index (χ1) is 10.6. The zero-order valence-electron chi connectivity index (χ0n) is 13.9. The van der Waals surface area contributed by atoms with Crippen LogP contribution < -0.4 is 0 Å². The molecule has 0 aromatic heterocycles. The van der Waals surface area contributed by atoms with Gasteiger partial charge in [-0.15, -0.1) is 0 Å². The Bertz CT molecular complexity index is 227. The zero-order valence-corrected chi connectivity index (χ0v) is 17.2. The van der Waals surface area contributed by atoms with Crippen molar-refractivity contribution in [1.29, 1.82) is 0 Å². The Labute approximate surface area is 159 Å². The molecule has 0 spiro atoms. The van der Waals surface area contributed by atoms with E-state index in [-0.39, 0.29) is 11.0 Å². The van der Waals surface area contributed by atoms with Gasteiger partial charge in [-0.2, -0.15) is 0 Å². The fraction of sp³-hybridized carbons (Fsp3) is 1.00. The maximum atomic E-state index is 5.24. The van der Waals surface area contributed by atoms with Gasteiger partial charge < -0.3 is 28.4 Å². The van der Waals surface area contributed by atoms with E-state index in [9.17, 15) is 0 Å². The highest BCUT2D eigenvalue weighted by Crippen LogP contribution is 2.44. The molecule has 11 heteroatoms. The summed E-state index contributed by atoms with van der Waals surface area (Å²) in [5.74, 6) is -0.182. The van der Waals surface area contributed by atoms with Crippen LogP contribution in [-0.2, 0) is 28.4 Å². The molecular weight excluding hydrogens is 396 g/mol. The third-order valence-corrected chi connectivity index (χ3v) is 9.44. The smallest absolute Gasteiger partial charge is 0.282 e. The molecule has 0 saturated heterocycles. The van der Waals surface area contributed by atoms with E-state index in [2.05, 4.69) is 0 Å². The van der Waals surface area contributed by atoms with Crippen molar-refractivity contribution >= 4 is 52.2 Å². The predicted molar refractivity (Wildman–Crippen MR) is 108 cm³/mol. The van der Waals surface area contributed by atoms with Gasteiger partial charge in [0.25, 0.3) is 11.9 Å². The Morgan fingerprint density at radius 2 is 0.826 bits per heavy atom. The minimum atomic E-state index is -0.944. The van der Waals surface area contributed by atoms with Crippen LogP contribution in [-0.4, -0.2) is 77.1 Å². The molecule has 0 rings (SSSR count). The van der Waals surface area contributed by atoms with Crippen LogP contribution in [0.1, 0.15) is 12.8 Å². The fourth-order valence-electron chi connectivity index (χ4n) is 1.55. The summed E-state index contributed by atoms with van der Waals surface area (Å²) < 4.78 is 31.4. The van der Waals surface area contributed by atoms with Gasteiger partial charge in [0.05, 0.1) is 0 Å². The normalized spacial score (nSPS) is 12.3. The van der Waals surface area contributed by atoms with Crippen LogP contribution in [0.15, 0.2) is 0 Å². The summed E-state index contributed by atoms with van der Waals surface area (Å²) in [6.45, 7) is 0. The highest BCUT2D eigenvalue weighted by molar-refractivity contribution is 9.26. The van der Waals surface area contributed by atoms with Gasteiger partial charge in [-0.3, -0.25) is 0 Å². The first-order valence-corrected chi connectivity index (χ1v) is 11.6. The van der Waals surface area contributed by atoms with Gasteiger partial charge in [0.15, 0.2) is 0 Å². The van der Waals surface area contributed by atoms with Crippen molar-refractivity contribution in [3.05, 3.63) is 0 Å². The van der Waals surface area contributed by atoms with Gasteiger partial charge in [-0.1, -0.05) is 21.6 Å². The van der Waals surface area contributed by atoms with Crippen LogP contribution in [0, 0.1) is 0 Å². The summed E-state index contributed by atoms with van der Waals surface area (Å²) in [6, 6.07) is 0. The molecule has 6 nitrogen and oxygen atoms in total. The molecule has 0 radical (unpaired) electrons. The molecule has 0 amide bonds. The van der Waals surface area contributed by atoms with Crippen LogP contribution in [0.2, 0.25) is 0 Å². The molecule has 0 heterocycles. The van der Waals surface area contributed by atoms with Crippen LogP contribution in [0.25, 0.3) is 0 Å². The van der Waals surface area contributed by atoms with E-state index in [1.54, 1.807) is 83.9 Å². The summed E-state index contributed by atoms with van der Waals surface area (Å²) in [7, 11) is 16.3. The Kier molecular flexibility index (Phi) is 18.1. The monoisotopic (exact) mass is 426 g/mol. The van der Waals surface area contributed by atoms with E-state index < -0.39 is 11.9 Å². The first kappa shape index (κ1) is 26.6. The molecule has 23 heavy (non-hydrogen) atoms. The highest BCUT2D eigenvalue weighted by Gasteiger charge is 2.29. The molecule has 0 fully saturated rings. The molecule has 0 aliphatic rings. The number of hydrogen-bond acceptors (Lipinski definition) is 10. The van der Waals surface area contributed by atoms with Crippen molar-refractivity contribution in [2.75, 3.05) is 54.2 Å². The molecule has 0 aliphatic carbocycles. The van der Waals surface area contributed by atoms with Gasteiger partial charge in [0, 0.05) is 67.0 Å². The molecule has 0 atom stereocenters. The minimum Gasteiger partial charge on any atom is -0.331 e. The summed E-state index contributed by atoms with van der Waals surface area (Å²) in [4.78, 5) is 0. The van der Waals surface area contributed by atoms with Crippen LogP contribution in [0.5, 0.6) is 0 Å². The largest absolute Gasteiger partial charge is 0.331 e. The van der Waals surface area contributed by atoms with Crippen molar-refractivity contribution in [1.82, 2.24) is 0 Å². The lowest BCUT2D eigenvalue weighted by Gasteiger charge is -2.28. The van der Waals surface area contributed by atoms with Crippen LogP contribution >= 0.6 is 41.2 Å². The highest BCUT2D eigenvalue weighted by atomic mass is 33.7. The first-order valence-electron chi connectivity index (χ1n) is 6.46. The summed E-state index contributed by atoms with van der Waals surface area (Å²) in [6.07, 6.45) is 1.30. The maximum Gasteiger partial charge on any atom is 0.282 e. The van der Waals surface area contributed by atoms with Gasteiger partial charge in [0.1, 0.15) is 0 Å². The molecule has 0 unspecified atom stereocenters. The average molecular weight is 427 g/mol. The molecule has 0 N–H and O–H groups in total. The van der Waals surface area contributed by atoms with Gasteiger partial charge in [-0.05, 0) is 30.6 Å². The minimum absolute atomic E-state index is 0. The molecule has 0 aromatic rings. The van der Waals surface area contributed by atoms with E-state index in [0.29, 0.717) is 12.8 Å². The predicted octanol–water partition coefficient (Wildman–Crippen LogP) is 2.18. The average Bonchev–Trinajstić information content (AvgIpc) is 2.58. The van der Waals surface area contributed by atoms with Crippen molar-refractivity contribution in [3.63, 3.8) is 0 Å². The van der Waals surface area contributed by atoms with E-state index in [0.717, 1.165) is 11.5 Å². The lowest BCUT2D eigenvalue weighted by atomic mass is 10.4. The zero-order chi connectivity index (χ0) is 16.9. The maximum absolute atomic E-state index is 5.24. The Hall–Kier alpha value is 1.38. The van der Waals surface area contributed by atoms with Gasteiger partial charge in [0.2, 0.25) is 0 Å². The second-order valence-electron chi connectivity index (χ2n) is 3.87. The van der Waals surface area contributed by atoms with Crippen molar-refractivity contribution in [3.8, 4) is 0 Å². The molecule has 0 bridgehead atoms. The van der Waals surface area contributed by atoms with E-state index >= 15 is 0 Å². The molecular formula is C12H30O6S4Si. The standard InChI is InChI=1S/C12H26O6S4.H4Si/c1-13-11(14-2,15-3)7-9-19-21-22-20-10-8-12(16-4,17-5)18-6;/h7-10H2,1-6H3;1H4. The quantitative estimate of drug-likeness (QED) is 0.168. The van der Waals surface area contributed by atoms with Crippen molar-refractivity contribution in [2.45, 2.75) is 24.8 Å². The molecule has 0 aliphatic heterocycles. The van der Waals surface area contributed by atoms with E-state index in [1.807, 2.05) is 0 Å². The van der Waals surface area contributed by atoms with Gasteiger partial charge in [-0.25, -0.2) is 0 Å². The third-order valence-electron chi connectivity index (χ3n) is 2.97. The topological polar surface area (TPSA) is 55.4 Å². The Morgan fingerprint density at radius 3 is 1.04 bits per heavy atom. The van der Waals surface area contributed by atoms with Crippen molar-refractivity contribution < 1.29 is 28.4 Å². The molecule has 0 saturated carbocycles. The molecule has 0 aromatic carbocycles. The lowest BCUT2D eigenvalue weighted by Crippen LogP contribution is -2.36. The molecule has 142 valence electrons. The lowest BCUT2D eigenvalue weighted by molar-refractivity contribution is -0.352. The van der Waals surface area contributed by atoms with Crippen LogP contribution in [0.4, 0.5) is 0 Å². The number of rotatable bonds is 15. The second kappa shape index (κ2) is 15.6. The van der Waals surface area contributed by atoms with E-state index in [4.69, 9.17) is 28.4 Å². The summed E-state index contributed by atoms with van der Waals surface area (Å²) in [5.41, 5.74) is 0. The summed E-state index contributed by atoms with van der Waals surface area (Å²) >= 11 is 0. The number of hydrogen-bond donors (Lipinski definition) is 0. The number of ether oxygens (including phenoxy) is 6. The summed E-state index contributed by atoms with van der Waals surface area (Å²) in [5, 5.41) is 0. The van der Waals surface area contributed by atoms with Crippen molar-refractivity contribution in [2.24, 2.45) is 0 Å². The van der Waals surface area contributed by atoms with Crippen LogP contribution in [0.3, 0.4) is 0 Å².